The van der Waals surface area contributed by atoms with Crippen LogP contribution < -0.4 is 74.0 Å². The van der Waals surface area contributed by atoms with Crippen LogP contribution in [-0.4, -0.2) is 106 Å². The van der Waals surface area contributed by atoms with E-state index < -0.39 is 62.2 Å². The molecular formula is C12H16CsF3N2O10. The first kappa shape index (κ1) is 31.8. The Morgan fingerprint density at radius 3 is 0.964 bits per heavy atom. The molecule has 16 heteroatoms. The second-order valence-electron chi connectivity index (χ2n) is 4.78. The molecule has 0 unspecified atom stereocenters. The number of carboxylic acid groups (broad SMARTS) is 5. The Hall–Kier alpha value is -0.888. The number of carbonyl (C=O) groups is 5. The van der Waals surface area contributed by atoms with Gasteiger partial charge in [-0.15, -0.1) is 0 Å². The van der Waals surface area contributed by atoms with Crippen LogP contribution in [0.25, 0.3) is 0 Å². The third-order valence-electron chi connectivity index (χ3n) is 2.40. The summed E-state index contributed by atoms with van der Waals surface area (Å²) in [5.74, 6) is -7.92. The molecule has 0 bridgehead atoms. The average Bonchev–Trinajstić information content (AvgIpc) is 2.41. The fourth-order valence-electron chi connectivity index (χ4n) is 1.48. The Morgan fingerprint density at radius 1 is 0.679 bits per heavy atom. The molecule has 0 atom stereocenters. The predicted octanol–water partition coefficient (Wildman–Crippen LogP) is -5.77. The van der Waals surface area contributed by atoms with Gasteiger partial charge in [-0.1, -0.05) is 0 Å². The second-order valence-corrected chi connectivity index (χ2v) is 4.78. The van der Waals surface area contributed by atoms with E-state index in [-0.39, 0.29) is 82.0 Å². The Kier molecular flexibility index (Phi) is 18.1. The minimum absolute atomic E-state index is 0. The number of carboxylic acids is 5. The molecule has 0 fully saturated rings. The summed E-state index contributed by atoms with van der Waals surface area (Å²) in [6, 6.07) is 0. The summed E-state index contributed by atoms with van der Waals surface area (Å²) >= 11 is 0. The quantitative estimate of drug-likeness (QED) is 0.195. The van der Waals surface area contributed by atoms with Crippen LogP contribution in [0.4, 0.5) is 13.2 Å². The third kappa shape index (κ3) is 21.4. The summed E-state index contributed by atoms with van der Waals surface area (Å²) in [6.07, 6.45) is -5.19. The van der Waals surface area contributed by atoms with Gasteiger partial charge in [0.25, 0.3) is 0 Å². The molecule has 0 saturated heterocycles. The standard InChI is InChI=1S/C10H16N2O8.C2HF3O2.Cs/c13-7(14)3-11(4-8(15)16)1-2-12(5-9(17)18)6-10(19)20;3-2(4,5)1(6)7;/h1-6H2,(H,13,14)(H,15,16)(H,17,18)(H,19,20);(H,6,7);/q;;+1/p-1. The topological polar surface area (TPSA) is 196 Å². The van der Waals surface area contributed by atoms with Crippen LogP contribution in [0.2, 0.25) is 0 Å². The first-order valence-corrected chi connectivity index (χ1v) is 6.75. The summed E-state index contributed by atoms with van der Waals surface area (Å²) < 4.78 is 31.5. The minimum atomic E-state index is -5.19. The predicted molar refractivity (Wildman–Crippen MR) is 74.5 cm³/mol. The Bertz CT molecular complexity index is 490. The van der Waals surface area contributed by atoms with Gasteiger partial charge in [-0.3, -0.25) is 29.0 Å². The molecule has 28 heavy (non-hydrogen) atoms. The van der Waals surface area contributed by atoms with Gasteiger partial charge in [-0.2, -0.15) is 13.2 Å². The van der Waals surface area contributed by atoms with Crippen molar-refractivity contribution in [3.63, 3.8) is 0 Å². The van der Waals surface area contributed by atoms with Gasteiger partial charge in [0.05, 0.1) is 26.2 Å². The molecule has 0 amide bonds. The third-order valence-corrected chi connectivity index (χ3v) is 2.40. The van der Waals surface area contributed by atoms with Gasteiger partial charge in [0.15, 0.2) is 0 Å². The van der Waals surface area contributed by atoms with Crippen molar-refractivity contribution in [3.05, 3.63) is 0 Å². The van der Waals surface area contributed by atoms with E-state index in [0.717, 1.165) is 9.80 Å². The van der Waals surface area contributed by atoms with E-state index >= 15 is 0 Å². The Morgan fingerprint density at radius 2 is 0.857 bits per heavy atom. The molecule has 0 heterocycles. The number of alkyl halides is 3. The molecule has 0 aromatic heterocycles. The van der Waals surface area contributed by atoms with Crippen molar-refractivity contribution in [3.8, 4) is 0 Å². The zero-order valence-electron chi connectivity index (χ0n) is 14.5. The van der Waals surface area contributed by atoms with E-state index in [1.54, 1.807) is 0 Å². The van der Waals surface area contributed by atoms with Crippen molar-refractivity contribution < 1.29 is 132 Å². The van der Waals surface area contributed by atoms with Gasteiger partial charge in [0.1, 0.15) is 5.97 Å². The molecule has 0 radical (unpaired) electrons. The number of nitrogens with zero attached hydrogens (tertiary/aromatic N) is 2. The first-order chi connectivity index (χ1) is 12.1. The van der Waals surface area contributed by atoms with Crippen LogP contribution in [0.1, 0.15) is 0 Å². The van der Waals surface area contributed by atoms with Gasteiger partial charge in [0.2, 0.25) is 0 Å². The van der Waals surface area contributed by atoms with Crippen LogP contribution in [-0.2, 0) is 24.0 Å². The second kappa shape index (κ2) is 16.0. The molecular weight excluding hydrogens is 522 g/mol. The number of hydrogen-bond donors (Lipinski definition) is 4. The van der Waals surface area contributed by atoms with Crippen LogP contribution in [0.3, 0.4) is 0 Å². The van der Waals surface area contributed by atoms with Crippen molar-refractivity contribution in [2.24, 2.45) is 0 Å². The van der Waals surface area contributed by atoms with Crippen LogP contribution in [0.5, 0.6) is 0 Å². The molecule has 0 aliphatic rings. The van der Waals surface area contributed by atoms with E-state index in [4.69, 9.17) is 30.3 Å². The minimum Gasteiger partial charge on any atom is -0.542 e. The van der Waals surface area contributed by atoms with Gasteiger partial charge in [-0.05, 0) is 0 Å². The smallest absolute Gasteiger partial charge is 0.542 e. The zero-order valence-corrected chi connectivity index (χ0v) is 20.8. The Balaban J connectivity index is -0.000000665. The van der Waals surface area contributed by atoms with Crippen molar-refractivity contribution in [2.45, 2.75) is 6.18 Å². The molecule has 0 aliphatic carbocycles. The number of aliphatic carboxylic acids is 5. The number of rotatable bonds is 11. The van der Waals surface area contributed by atoms with Crippen LogP contribution in [0.15, 0.2) is 0 Å². The molecule has 4 N–H and O–H groups in total. The van der Waals surface area contributed by atoms with E-state index in [1.807, 2.05) is 0 Å². The maximum atomic E-state index is 10.6. The fourth-order valence-corrected chi connectivity index (χ4v) is 1.48. The molecule has 156 valence electrons. The average molecular weight is 538 g/mol. The van der Waals surface area contributed by atoms with E-state index in [1.165, 1.54) is 0 Å². The van der Waals surface area contributed by atoms with E-state index in [0.29, 0.717) is 0 Å². The molecule has 0 spiro atoms. The molecule has 0 rings (SSSR count). The van der Waals surface area contributed by atoms with Crippen LogP contribution in [0, 0.1) is 0 Å². The summed E-state index contributed by atoms with van der Waals surface area (Å²) in [5, 5.41) is 43.3. The van der Waals surface area contributed by atoms with Gasteiger partial charge in [0, 0.05) is 13.1 Å². The fraction of sp³-hybridized carbons (Fsp3) is 0.583. The van der Waals surface area contributed by atoms with Gasteiger partial charge in [-0.25, -0.2) is 0 Å². The number of halogens is 3. The zero-order chi connectivity index (χ0) is 21.8. The SMILES string of the molecule is O=C(O)CN(CCN(CC(=O)O)CC(=O)O)CC(=O)O.O=C([O-])C(F)(F)F.[Cs+]. The molecule has 0 aliphatic heterocycles. The molecule has 0 aromatic rings. The normalized spacial score (nSPS) is 10.5. The Labute approximate surface area is 214 Å². The maximum Gasteiger partial charge on any atom is 1.00 e. The monoisotopic (exact) mass is 538 g/mol. The van der Waals surface area contributed by atoms with Crippen molar-refractivity contribution in [1.29, 1.82) is 0 Å². The molecule has 0 aromatic carbocycles. The van der Waals surface area contributed by atoms with Gasteiger partial charge < -0.3 is 30.3 Å². The largest absolute Gasteiger partial charge is 1.00 e. The number of carbonyl (C=O) groups excluding carboxylic acids is 1. The molecule has 0 saturated carbocycles. The van der Waals surface area contributed by atoms with Crippen molar-refractivity contribution in [2.75, 3.05) is 39.3 Å². The van der Waals surface area contributed by atoms with E-state index in [9.17, 15) is 32.3 Å². The van der Waals surface area contributed by atoms with Crippen molar-refractivity contribution in [1.82, 2.24) is 9.80 Å². The summed E-state index contributed by atoms with van der Waals surface area (Å²) in [5.41, 5.74) is 0. The van der Waals surface area contributed by atoms with Crippen LogP contribution >= 0.6 is 0 Å². The van der Waals surface area contributed by atoms with E-state index in [2.05, 4.69) is 0 Å². The summed E-state index contributed by atoms with van der Waals surface area (Å²) in [6.45, 7) is -2.25. The van der Waals surface area contributed by atoms with Gasteiger partial charge >= 0.3 is 98.9 Å². The summed E-state index contributed by atoms with van der Waals surface area (Å²) in [7, 11) is 0. The molecule has 12 nitrogen and oxygen atoms in total. The summed E-state index contributed by atoms with van der Waals surface area (Å²) in [4.78, 5) is 53.1. The first-order valence-electron chi connectivity index (χ1n) is 6.75. The number of hydrogen-bond acceptors (Lipinski definition) is 8. The maximum absolute atomic E-state index is 10.6. The van der Waals surface area contributed by atoms with Crippen molar-refractivity contribution >= 4 is 29.8 Å².